The maximum Gasteiger partial charge on any atom is 0 e. The zero-order valence-corrected chi connectivity index (χ0v) is 5.79. The molecule has 0 amide bonds. The molecule has 0 saturated carbocycles. The van der Waals surface area contributed by atoms with Crippen molar-refractivity contribution in [3.8, 4) is 0 Å². The van der Waals surface area contributed by atoms with Gasteiger partial charge in [-0.3, -0.25) is 0 Å². The Kier molecular flexibility index (Phi) is 222. The predicted molar refractivity (Wildman–Crippen MR) is 5.75 cm³/mol. The molecule has 0 heterocycles. The Hall–Kier alpha value is 1.79. The van der Waals surface area contributed by atoms with E-state index in [2.05, 4.69) is 0 Å². The van der Waals surface area contributed by atoms with E-state index in [4.69, 9.17) is 0 Å². The van der Waals surface area contributed by atoms with Crippen LogP contribution in [0.1, 0.15) is 0 Å². The molecule has 0 aliphatic rings. The van der Waals surface area contributed by atoms with E-state index in [1.54, 1.807) is 0 Å². The molecule has 4 heavy (non-hydrogen) atoms. The van der Waals surface area contributed by atoms with Crippen molar-refractivity contribution in [2.24, 2.45) is 0 Å². The van der Waals surface area contributed by atoms with Crippen molar-refractivity contribution in [2.45, 2.75) is 0 Å². The van der Waals surface area contributed by atoms with E-state index < -0.39 is 0 Å². The van der Waals surface area contributed by atoms with Gasteiger partial charge in [-0.15, -0.1) is 0 Å². The molecule has 0 rings (SSSR count). The minimum absolute atomic E-state index is 0. The van der Waals surface area contributed by atoms with Crippen LogP contribution < -0.4 is 0 Å². The van der Waals surface area contributed by atoms with E-state index in [1.807, 2.05) is 0 Å². The summed E-state index contributed by atoms with van der Waals surface area (Å²) in [5.41, 5.74) is 0. The third kappa shape index (κ3) is 9.20. The molecule has 0 aliphatic carbocycles. The van der Waals surface area contributed by atoms with E-state index in [-0.39, 0.29) is 63.6 Å². The summed E-state index contributed by atoms with van der Waals surface area (Å²) in [6.07, 6.45) is 0. The summed E-state index contributed by atoms with van der Waals surface area (Å²) >= 11 is 0. The molecule has 4 heteroatoms. The van der Waals surface area contributed by atoms with Crippen molar-refractivity contribution in [3.63, 3.8) is 0 Å². The molecule has 0 aromatic heterocycles. The fraction of sp³-hybridized carbons (Fsp3) is 0. The monoisotopic (exact) mass is 227 g/mol. The van der Waals surface area contributed by atoms with Crippen LogP contribution >= 0.6 is 0 Å². The minimum atomic E-state index is 0. The minimum Gasteiger partial charge on any atom is 0 e. The van der Waals surface area contributed by atoms with Crippen LogP contribution in [0.5, 0.6) is 0 Å². The quantitative estimate of drug-likeness (QED) is 0.493. The third-order valence-corrected chi connectivity index (χ3v) is 0. The first-order valence-electron chi connectivity index (χ1n) is 0. The van der Waals surface area contributed by atoms with Gasteiger partial charge in [0.25, 0.3) is 0 Å². The topological polar surface area (TPSA) is 0 Å². The van der Waals surface area contributed by atoms with Crippen LogP contribution in [0.2, 0.25) is 0 Å². The van der Waals surface area contributed by atoms with Crippen LogP contribution in [-0.2, 0) is 55.2 Å². The second-order valence-corrected chi connectivity index (χ2v) is 0. The van der Waals surface area contributed by atoms with E-state index in [9.17, 15) is 0 Å². The zero-order valence-electron chi connectivity index (χ0n) is 1.67. The van der Waals surface area contributed by atoms with Gasteiger partial charge in [0.2, 0.25) is 0 Å². The Morgan fingerprint density at radius 2 is 1.00 bits per heavy atom. The number of hydrogen-bond donors (Lipinski definition) is 0. The first kappa shape index (κ1) is 41.4. The van der Waals surface area contributed by atoms with Crippen molar-refractivity contribution >= 4 is 8.41 Å². The summed E-state index contributed by atoms with van der Waals surface area (Å²) in [4.78, 5) is 0. The maximum atomic E-state index is 0. The predicted octanol–water partition coefficient (Wildman–Crippen LogP) is -0.388. The van der Waals surface area contributed by atoms with Gasteiger partial charge >= 0.3 is 0 Å². The van der Waals surface area contributed by atoms with Crippen molar-refractivity contribution in [1.82, 2.24) is 0 Å². The van der Waals surface area contributed by atoms with Gasteiger partial charge in [-0.25, -0.2) is 0 Å². The van der Waals surface area contributed by atoms with Gasteiger partial charge in [-0.1, -0.05) is 0 Å². The van der Waals surface area contributed by atoms with Gasteiger partial charge in [0.15, 0.2) is 0 Å². The third-order valence-electron chi connectivity index (χ3n) is 0. The SMILES string of the molecule is [B].[Cu].[Mn].[Mo]. The average Bonchev–Trinajstić information content (AvgIpc) is 0. The van der Waals surface area contributed by atoms with Gasteiger partial charge in [0.1, 0.15) is 0 Å². The molecule has 0 nitrogen and oxygen atoms in total. The van der Waals surface area contributed by atoms with E-state index in [0.29, 0.717) is 0 Å². The molecular formula is BCuMnMo. The first-order valence-corrected chi connectivity index (χ1v) is 0. The van der Waals surface area contributed by atoms with Crippen molar-refractivity contribution in [2.75, 3.05) is 0 Å². The van der Waals surface area contributed by atoms with Crippen LogP contribution in [-0.4, -0.2) is 8.41 Å². The molecule has 0 aromatic rings. The molecule has 0 aliphatic heterocycles. The second kappa shape index (κ2) is 21.5. The van der Waals surface area contributed by atoms with Gasteiger partial charge in [-0.05, 0) is 0 Å². The standard InChI is InChI=1S/B.Cu.Mn.Mo. The van der Waals surface area contributed by atoms with Gasteiger partial charge in [0.05, 0.1) is 0 Å². The Balaban J connectivity index is 0. The van der Waals surface area contributed by atoms with Crippen LogP contribution in [0.15, 0.2) is 0 Å². The fourth-order valence-corrected chi connectivity index (χ4v) is 0. The molecule has 0 N–H and O–H groups in total. The average molecular weight is 225 g/mol. The smallest absolute Gasteiger partial charge is 0 e. The molecule has 0 atom stereocenters. The Morgan fingerprint density at radius 3 is 1.00 bits per heavy atom. The molecule has 0 bridgehead atoms. The Morgan fingerprint density at radius 1 is 1.00 bits per heavy atom. The summed E-state index contributed by atoms with van der Waals surface area (Å²) in [7, 11) is 0. The van der Waals surface area contributed by atoms with Crippen LogP contribution in [0.25, 0.3) is 0 Å². The summed E-state index contributed by atoms with van der Waals surface area (Å²) in [6, 6.07) is 0. The molecular weight excluding hydrogens is 225 g/mol. The second-order valence-electron chi connectivity index (χ2n) is 0. The van der Waals surface area contributed by atoms with E-state index in [1.165, 1.54) is 0 Å². The van der Waals surface area contributed by atoms with Gasteiger partial charge < -0.3 is 0 Å². The van der Waals surface area contributed by atoms with Crippen molar-refractivity contribution < 1.29 is 55.2 Å². The molecule has 0 saturated heterocycles. The van der Waals surface area contributed by atoms with Crippen LogP contribution in [0, 0.1) is 0 Å². The molecule has 27 valence electrons. The fourth-order valence-electron chi connectivity index (χ4n) is 0. The van der Waals surface area contributed by atoms with Crippen LogP contribution in [0.3, 0.4) is 0 Å². The Labute approximate surface area is 63.3 Å². The Bertz CT molecular complexity index is 8.00. The van der Waals surface area contributed by atoms with Gasteiger partial charge in [0, 0.05) is 63.6 Å². The summed E-state index contributed by atoms with van der Waals surface area (Å²) in [6.45, 7) is 0. The summed E-state index contributed by atoms with van der Waals surface area (Å²) in [5.74, 6) is 0. The van der Waals surface area contributed by atoms with E-state index >= 15 is 0 Å². The zero-order chi connectivity index (χ0) is 0. The molecule has 0 aromatic carbocycles. The van der Waals surface area contributed by atoms with E-state index in [0.717, 1.165) is 0 Å². The molecule has 0 unspecified atom stereocenters. The summed E-state index contributed by atoms with van der Waals surface area (Å²) < 4.78 is 0. The first-order chi connectivity index (χ1) is 0. The van der Waals surface area contributed by atoms with Crippen molar-refractivity contribution in [1.29, 1.82) is 0 Å². The van der Waals surface area contributed by atoms with Gasteiger partial charge in [-0.2, -0.15) is 0 Å². The largest absolute Gasteiger partial charge is 0 e. The molecule has 5 radical (unpaired) electrons. The molecule has 0 fully saturated rings. The number of rotatable bonds is 0. The van der Waals surface area contributed by atoms with Crippen molar-refractivity contribution in [3.05, 3.63) is 0 Å². The number of hydrogen-bond acceptors (Lipinski definition) is 0. The normalized spacial score (nSPS) is 0. The maximum absolute atomic E-state index is 0. The summed E-state index contributed by atoms with van der Waals surface area (Å²) in [5, 5.41) is 0. The van der Waals surface area contributed by atoms with Crippen LogP contribution in [0.4, 0.5) is 0 Å². The molecule has 0 spiro atoms.